The topological polar surface area (TPSA) is 78.9 Å². The Hall–Kier alpha value is -4.71. The zero-order valence-electron chi connectivity index (χ0n) is 43.3. The van der Waals surface area contributed by atoms with Crippen LogP contribution in [-0.2, 0) is 28.6 Å². The molecule has 0 saturated heterocycles. The first-order valence-corrected chi connectivity index (χ1v) is 26.9. The molecule has 0 N–H and O–H groups in total. The molecule has 0 aromatic rings. The van der Waals surface area contributed by atoms with Crippen LogP contribution >= 0.6 is 0 Å². The highest BCUT2D eigenvalue weighted by molar-refractivity contribution is 5.71. The van der Waals surface area contributed by atoms with Crippen molar-refractivity contribution in [3.05, 3.63) is 146 Å². The van der Waals surface area contributed by atoms with Gasteiger partial charge in [0.25, 0.3) is 0 Å². The van der Waals surface area contributed by atoms with Crippen molar-refractivity contribution in [3.63, 3.8) is 0 Å². The van der Waals surface area contributed by atoms with Crippen molar-refractivity contribution in [3.8, 4) is 0 Å². The molecule has 0 fully saturated rings. The molecule has 0 aromatic carbocycles. The summed E-state index contributed by atoms with van der Waals surface area (Å²) in [6, 6.07) is 0. The van der Waals surface area contributed by atoms with E-state index in [1.807, 2.05) is 36.5 Å². The van der Waals surface area contributed by atoms with Gasteiger partial charge in [0.15, 0.2) is 6.10 Å². The zero-order chi connectivity index (χ0) is 49.3. The fourth-order valence-electron chi connectivity index (χ4n) is 6.75. The Morgan fingerprint density at radius 3 is 1.06 bits per heavy atom. The van der Waals surface area contributed by atoms with E-state index in [0.717, 1.165) is 122 Å². The fourth-order valence-corrected chi connectivity index (χ4v) is 6.75. The highest BCUT2D eigenvalue weighted by atomic mass is 16.6. The third kappa shape index (κ3) is 52.3. The maximum atomic E-state index is 12.8. The third-order valence-electron chi connectivity index (χ3n) is 10.7. The van der Waals surface area contributed by atoms with Gasteiger partial charge in [0.2, 0.25) is 0 Å². The summed E-state index contributed by atoms with van der Waals surface area (Å²) in [5.41, 5.74) is 0. The predicted molar refractivity (Wildman–Crippen MR) is 292 cm³/mol. The molecule has 0 aromatic heterocycles. The van der Waals surface area contributed by atoms with Gasteiger partial charge in [-0.25, -0.2) is 0 Å². The van der Waals surface area contributed by atoms with Gasteiger partial charge in [-0.1, -0.05) is 231 Å². The van der Waals surface area contributed by atoms with Gasteiger partial charge in [0.05, 0.1) is 0 Å². The molecule has 0 rings (SSSR count). The summed E-state index contributed by atoms with van der Waals surface area (Å²) in [7, 11) is 0. The van der Waals surface area contributed by atoms with Crippen molar-refractivity contribution >= 4 is 17.9 Å². The van der Waals surface area contributed by atoms with Crippen LogP contribution in [0.2, 0.25) is 0 Å². The summed E-state index contributed by atoms with van der Waals surface area (Å²) in [4.78, 5) is 38.1. The molecule has 0 amide bonds. The molecule has 6 nitrogen and oxygen atoms in total. The Morgan fingerprint density at radius 2 is 0.632 bits per heavy atom. The molecule has 0 saturated carbocycles. The minimum Gasteiger partial charge on any atom is -0.462 e. The molecule has 0 bridgehead atoms. The number of ether oxygens (including phenoxy) is 3. The summed E-state index contributed by atoms with van der Waals surface area (Å²) in [6.07, 6.45) is 78.4. The van der Waals surface area contributed by atoms with E-state index in [4.69, 9.17) is 14.2 Å². The van der Waals surface area contributed by atoms with E-state index < -0.39 is 12.1 Å². The van der Waals surface area contributed by atoms with Crippen LogP contribution in [0.25, 0.3) is 0 Å². The number of hydrogen-bond acceptors (Lipinski definition) is 6. The molecule has 68 heavy (non-hydrogen) atoms. The molecule has 1 unspecified atom stereocenters. The molecule has 380 valence electrons. The molecule has 1 atom stereocenters. The average molecular weight is 937 g/mol. The molecule has 0 aliphatic heterocycles. The molecular formula is C62H96O6. The minimum absolute atomic E-state index is 0.124. The van der Waals surface area contributed by atoms with Crippen molar-refractivity contribution in [2.45, 2.75) is 213 Å². The molecule has 0 heterocycles. The number of hydrogen-bond donors (Lipinski definition) is 0. The lowest BCUT2D eigenvalue weighted by Gasteiger charge is -2.18. The second kappa shape index (κ2) is 54.9. The van der Waals surface area contributed by atoms with E-state index in [1.165, 1.54) is 38.5 Å². The first-order chi connectivity index (χ1) is 33.5. The van der Waals surface area contributed by atoms with Crippen molar-refractivity contribution in [1.82, 2.24) is 0 Å². The molecule has 0 radical (unpaired) electrons. The van der Waals surface area contributed by atoms with E-state index in [0.29, 0.717) is 19.3 Å². The second-order valence-corrected chi connectivity index (χ2v) is 17.1. The third-order valence-corrected chi connectivity index (χ3v) is 10.7. The SMILES string of the molecule is CC\C=C/C=C\C=C/C=C\CCCCCCCC(=O)OCC(COC(=O)CCCCCCCCCCC/C=C\C/C=C\C/C=C\CC)OC(=O)CC/C=C\C/C=C\C/C=C\C/C=C\C/C=C\CC. The van der Waals surface area contributed by atoms with Crippen LogP contribution in [-0.4, -0.2) is 37.2 Å². The number of allylic oxidation sites excluding steroid dienone is 24. The standard InChI is InChI=1S/C62H96O6/c1-4-7-10-13-16-19-22-25-28-30-31-32-35-37-40-43-46-49-52-55-61(64)67-58-59(57-66-60(63)54-51-48-45-42-39-36-33-27-24-21-18-15-12-9-6-3)68-62(65)56-53-50-47-44-41-38-34-29-26-23-20-17-14-11-8-5-2/h7-12,15-21,24-29,33,38,41,47,50,59H,4-6,13-14,22-23,30-32,34-37,39-40,42-46,48-49,51-58H2,1-3H3/b10-7-,11-8-,12-9-,18-15-,19-16-,20-17-,24-21-,28-25-,29-26-,33-27-,41-38-,50-47-. The van der Waals surface area contributed by atoms with Crippen LogP contribution < -0.4 is 0 Å². The lowest BCUT2D eigenvalue weighted by Crippen LogP contribution is -2.30. The Bertz CT molecular complexity index is 1540. The second-order valence-electron chi connectivity index (χ2n) is 17.1. The van der Waals surface area contributed by atoms with Crippen LogP contribution in [0.15, 0.2) is 146 Å². The van der Waals surface area contributed by atoms with Crippen LogP contribution in [0, 0.1) is 0 Å². The number of carbonyl (C=O) groups is 3. The van der Waals surface area contributed by atoms with Crippen LogP contribution in [0.1, 0.15) is 207 Å². The smallest absolute Gasteiger partial charge is 0.306 e. The van der Waals surface area contributed by atoms with Gasteiger partial charge in [-0.3, -0.25) is 14.4 Å². The van der Waals surface area contributed by atoms with Gasteiger partial charge in [-0.15, -0.1) is 0 Å². The van der Waals surface area contributed by atoms with Gasteiger partial charge in [0, 0.05) is 19.3 Å². The van der Waals surface area contributed by atoms with E-state index in [9.17, 15) is 14.4 Å². The molecule has 0 spiro atoms. The highest BCUT2D eigenvalue weighted by Crippen LogP contribution is 2.13. The van der Waals surface area contributed by atoms with E-state index in [1.54, 1.807) is 0 Å². The molecular weight excluding hydrogens is 841 g/mol. The molecule has 0 aliphatic rings. The normalized spacial score (nSPS) is 13.3. The first-order valence-electron chi connectivity index (χ1n) is 26.9. The van der Waals surface area contributed by atoms with Crippen molar-refractivity contribution < 1.29 is 28.6 Å². The number of carbonyl (C=O) groups excluding carboxylic acids is 3. The largest absolute Gasteiger partial charge is 0.462 e. The lowest BCUT2D eigenvalue weighted by atomic mass is 10.1. The Kier molecular flexibility index (Phi) is 51.1. The quantitative estimate of drug-likeness (QED) is 0.0199. The van der Waals surface area contributed by atoms with Crippen molar-refractivity contribution in [1.29, 1.82) is 0 Å². The van der Waals surface area contributed by atoms with Gasteiger partial charge in [-0.05, 0) is 103 Å². The van der Waals surface area contributed by atoms with Crippen molar-refractivity contribution in [2.75, 3.05) is 13.2 Å². The summed E-state index contributed by atoms with van der Waals surface area (Å²) in [6.45, 7) is 6.17. The fraction of sp³-hybridized carbons (Fsp3) is 0.565. The molecule has 6 heteroatoms. The van der Waals surface area contributed by atoms with Gasteiger partial charge in [0.1, 0.15) is 13.2 Å². The average Bonchev–Trinajstić information content (AvgIpc) is 3.34. The molecule has 0 aliphatic carbocycles. The maximum absolute atomic E-state index is 12.8. The summed E-state index contributed by atoms with van der Waals surface area (Å²) >= 11 is 0. The van der Waals surface area contributed by atoms with Gasteiger partial charge in [-0.2, -0.15) is 0 Å². The van der Waals surface area contributed by atoms with Crippen LogP contribution in [0.3, 0.4) is 0 Å². The summed E-state index contributed by atoms with van der Waals surface area (Å²) in [5.74, 6) is -1.05. The minimum atomic E-state index is -0.836. The Labute approximate surface area is 417 Å². The Balaban J connectivity index is 4.55. The van der Waals surface area contributed by atoms with E-state index in [2.05, 4.69) is 130 Å². The van der Waals surface area contributed by atoms with Crippen LogP contribution in [0.5, 0.6) is 0 Å². The summed E-state index contributed by atoms with van der Waals surface area (Å²) in [5, 5.41) is 0. The van der Waals surface area contributed by atoms with Crippen molar-refractivity contribution in [2.24, 2.45) is 0 Å². The summed E-state index contributed by atoms with van der Waals surface area (Å²) < 4.78 is 16.7. The van der Waals surface area contributed by atoms with E-state index in [-0.39, 0.29) is 31.6 Å². The lowest BCUT2D eigenvalue weighted by molar-refractivity contribution is -0.166. The predicted octanol–water partition coefficient (Wildman–Crippen LogP) is 18.0. The van der Waals surface area contributed by atoms with Gasteiger partial charge >= 0.3 is 17.9 Å². The van der Waals surface area contributed by atoms with E-state index >= 15 is 0 Å². The first kappa shape index (κ1) is 63.3. The number of unbranched alkanes of at least 4 members (excludes halogenated alkanes) is 14. The van der Waals surface area contributed by atoms with Gasteiger partial charge < -0.3 is 14.2 Å². The number of esters is 3. The zero-order valence-corrected chi connectivity index (χ0v) is 43.3. The maximum Gasteiger partial charge on any atom is 0.306 e. The van der Waals surface area contributed by atoms with Crippen LogP contribution in [0.4, 0.5) is 0 Å². The monoisotopic (exact) mass is 937 g/mol. The number of rotatable bonds is 46. The highest BCUT2D eigenvalue weighted by Gasteiger charge is 2.19. The Morgan fingerprint density at radius 1 is 0.309 bits per heavy atom.